The third-order valence-electron chi connectivity index (χ3n) is 5.37. The third-order valence-corrected chi connectivity index (χ3v) is 6.75. The molecule has 200 valence electrons. The minimum Gasteiger partial charge on any atom is -0.491 e. The van der Waals surface area contributed by atoms with E-state index in [4.69, 9.17) is 22.9 Å². The average Bonchev–Trinajstić information content (AvgIpc) is 3.39. The Bertz CT molecular complexity index is 1360. The maximum Gasteiger partial charge on any atom is 0.416 e. The minimum atomic E-state index is -4.70. The van der Waals surface area contributed by atoms with Crippen molar-refractivity contribution in [1.29, 1.82) is 0 Å². The fraction of sp³-hybridized carbons (Fsp3) is 0.391. The third kappa shape index (κ3) is 6.50. The molecule has 14 heteroatoms. The van der Waals surface area contributed by atoms with Crippen molar-refractivity contribution in [2.75, 3.05) is 31.8 Å². The lowest BCUT2D eigenvalue weighted by atomic mass is 10.2. The molecule has 3 aromatic rings. The fourth-order valence-corrected chi connectivity index (χ4v) is 4.73. The lowest BCUT2D eigenvalue weighted by molar-refractivity contribution is -0.152. The van der Waals surface area contributed by atoms with Gasteiger partial charge in [0, 0.05) is 13.2 Å². The number of carbonyl (C=O) groups is 1. The molecule has 1 saturated heterocycles. The van der Waals surface area contributed by atoms with Gasteiger partial charge in [-0.15, -0.1) is 0 Å². The second-order valence-electron chi connectivity index (χ2n) is 8.35. The van der Waals surface area contributed by atoms with Crippen LogP contribution in [0.15, 0.2) is 51.9 Å². The smallest absolute Gasteiger partial charge is 0.416 e. The van der Waals surface area contributed by atoms with Gasteiger partial charge >= 0.3 is 12.3 Å². The molecule has 0 spiro atoms. The van der Waals surface area contributed by atoms with E-state index in [-0.39, 0.29) is 35.2 Å². The summed E-state index contributed by atoms with van der Waals surface area (Å²) in [6.07, 6.45) is -9.20. The van der Waals surface area contributed by atoms with Crippen LogP contribution in [0.25, 0.3) is 11.0 Å². The van der Waals surface area contributed by atoms with Gasteiger partial charge in [-0.1, -0.05) is 22.9 Å². The first-order valence-electron chi connectivity index (χ1n) is 11.0. The standard InChI is InChI=1S/C23H23F3N2O8S/c1-14-3-6-18(7-4-14)37(30,31)36-16(10-23(24,25)26)13-33-15-5-8-19-20(9-15)35-27-21(19)28-11-17(12-32-2)34-22(28)29/h3-9,16-17H,10-13H2,1-2H3/t16?,17-/m0/s1. The molecule has 0 N–H and O–H groups in total. The summed E-state index contributed by atoms with van der Waals surface area (Å²) in [5.74, 6) is 0.285. The zero-order valence-corrected chi connectivity index (χ0v) is 20.5. The zero-order chi connectivity index (χ0) is 26.8. The predicted octanol–water partition coefficient (Wildman–Crippen LogP) is 4.21. The first kappa shape index (κ1) is 26.7. The van der Waals surface area contributed by atoms with E-state index in [9.17, 15) is 26.4 Å². The number of fused-ring (bicyclic) bond motifs is 1. The van der Waals surface area contributed by atoms with Crippen molar-refractivity contribution in [2.45, 2.75) is 36.6 Å². The molecule has 1 fully saturated rings. The van der Waals surface area contributed by atoms with Crippen LogP contribution in [-0.4, -0.2) is 64.9 Å². The molecule has 0 aliphatic carbocycles. The average molecular weight is 545 g/mol. The molecule has 10 nitrogen and oxygen atoms in total. The van der Waals surface area contributed by atoms with Crippen LogP contribution in [0.2, 0.25) is 0 Å². The Hall–Kier alpha value is -3.36. The Balaban J connectivity index is 1.48. The Morgan fingerprint density at radius 3 is 2.59 bits per heavy atom. The number of rotatable bonds is 10. The van der Waals surface area contributed by atoms with Crippen LogP contribution in [0.3, 0.4) is 0 Å². The van der Waals surface area contributed by atoms with Crippen molar-refractivity contribution in [3.63, 3.8) is 0 Å². The summed E-state index contributed by atoms with van der Waals surface area (Å²) in [7, 11) is -3.00. The number of nitrogens with zero attached hydrogens (tertiary/aromatic N) is 2. The predicted molar refractivity (Wildman–Crippen MR) is 123 cm³/mol. The molecule has 1 unspecified atom stereocenters. The number of ether oxygens (including phenoxy) is 3. The number of anilines is 1. The van der Waals surface area contributed by atoms with Crippen molar-refractivity contribution >= 4 is 33.0 Å². The molecule has 1 aliphatic heterocycles. The number of halogens is 3. The molecule has 2 atom stereocenters. The Kier molecular flexibility index (Phi) is 7.62. The van der Waals surface area contributed by atoms with Crippen LogP contribution in [0.4, 0.5) is 23.8 Å². The zero-order valence-electron chi connectivity index (χ0n) is 19.7. The number of alkyl halides is 3. The summed E-state index contributed by atoms with van der Waals surface area (Å²) < 4.78 is 90.2. The highest BCUT2D eigenvalue weighted by atomic mass is 32.2. The lowest BCUT2D eigenvalue weighted by Gasteiger charge is -2.19. The number of benzene rings is 2. The molecule has 1 aliphatic rings. The summed E-state index contributed by atoms with van der Waals surface area (Å²) in [5.41, 5.74) is 0.965. The highest BCUT2D eigenvalue weighted by molar-refractivity contribution is 7.86. The maximum atomic E-state index is 13.1. The summed E-state index contributed by atoms with van der Waals surface area (Å²) in [6.45, 7) is 1.42. The second kappa shape index (κ2) is 10.6. The largest absolute Gasteiger partial charge is 0.491 e. The molecule has 4 rings (SSSR count). The van der Waals surface area contributed by atoms with E-state index in [1.54, 1.807) is 6.92 Å². The van der Waals surface area contributed by atoms with Gasteiger partial charge in [0.05, 0.1) is 29.9 Å². The van der Waals surface area contributed by atoms with Crippen molar-refractivity contribution in [3.05, 3.63) is 48.0 Å². The molecule has 37 heavy (non-hydrogen) atoms. The van der Waals surface area contributed by atoms with E-state index in [1.165, 1.54) is 54.5 Å². The van der Waals surface area contributed by atoms with Crippen LogP contribution < -0.4 is 9.64 Å². The van der Waals surface area contributed by atoms with Gasteiger partial charge < -0.3 is 18.7 Å². The number of methoxy groups -OCH3 is 1. The quantitative estimate of drug-likeness (QED) is 0.346. The monoisotopic (exact) mass is 544 g/mol. The van der Waals surface area contributed by atoms with Crippen molar-refractivity contribution < 1.29 is 49.3 Å². The molecule has 2 aromatic carbocycles. The second-order valence-corrected chi connectivity index (χ2v) is 9.92. The number of aromatic nitrogens is 1. The summed E-state index contributed by atoms with van der Waals surface area (Å²) in [5, 5.41) is 4.33. The summed E-state index contributed by atoms with van der Waals surface area (Å²) in [6, 6.07) is 9.81. The van der Waals surface area contributed by atoms with E-state index in [0.717, 1.165) is 5.56 Å². The van der Waals surface area contributed by atoms with Crippen LogP contribution in [0, 0.1) is 6.92 Å². The van der Waals surface area contributed by atoms with Gasteiger partial charge in [0.15, 0.2) is 11.4 Å². The molecule has 0 saturated carbocycles. The highest BCUT2D eigenvalue weighted by Gasteiger charge is 2.37. The number of hydrogen-bond donors (Lipinski definition) is 0. The molecular formula is C23H23F3N2O8S. The van der Waals surface area contributed by atoms with Gasteiger partial charge in [-0.2, -0.15) is 21.6 Å². The first-order chi connectivity index (χ1) is 17.4. The van der Waals surface area contributed by atoms with Crippen LogP contribution >= 0.6 is 0 Å². The van der Waals surface area contributed by atoms with Crippen molar-refractivity contribution in [3.8, 4) is 5.75 Å². The molecule has 1 amide bonds. The first-order valence-corrected chi connectivity index (χ1v) is 12.4. The van der Waals surface area contributed by atoms with E-state index in [2.05, 4.69) is 5.16 Å². The van der Waals surface area contributed by atoms with Crippen molar-refractivity contribution in [1.82, 2.24) is 5.16 Å². The summed E-state index contributed by atoms with van der Waals surface area (Å²) >= 11 is 0. The highest BCUT2D eigenvalue weighted by Crippen LogP contribution is 2.32. The minimum absolute atomic E-state index is 0.0833. The van der Waals surface area contributed by atoms with Crippen LogP contribution in [0.1, 0.15) is 12.0 Å². The van der Waals surface area contributed by atoms with E-state index < -0.39 is 47.6 Å². The Morgan fingerprint density at radius 1 is 1.19 bits per heavy atom. The number of aryl methyl sites for hydroxylation is 1. The van der Waals surface area contributed by atoms with Gasteiger partial charge in [0.2, 0.25) is 0 Å². The van der Waals surface area contributed by atoms with Gasteiger partial charge in [0.1, 0.15) is 24.6 Å². The van der Waals surface area contributed by atoms with Crippen molar-refractivity contribution in [2.24, 2.45) is 0 Å². The van der Waals surface area contributed by atoms with Crippen LogP contribution in [0.5, 0.6) is 5.75 Å². The van der Waals surface area contributed by atoms with Gasteiger partial charge in [0.25, 0.3) is 10.1 Å². The van der Waals surface area contributed by atoms with E-state index >= 15 is 0 Å². The SMILES string of the molecule is COC[C@@H]1CN(c2noc3cc(OCC(CC(F)(F)F)OS(=O)(=O)c4ccc(C)cc4)ccc23)C(=O)O1. The van der Waals surface area contributed by atoms with E-state index in [0.29, 0.717) is 5.39 Å². The Labute approximate surface area is 209 Å². The molecule has 1 aromatic heterocycles. The van der Waals surface area contributed by atoms with E-state index in [1.807, 2.05) is 0 Å². The topological polar surface area (TPSA) is 117 Å². The number of hydrogen-bond acceptors (Lipinski definition) is 9. The van der Waals surface area contributed by atoms with Crippen LogP contribution in [-0.2, 0) is 23.8 Å². The normalized spacial score (nSPS) is 17.3. The lowest BCUT2D eigenvalue weighted by Crippen LogP contribution is -2.30. The molecule has 0 radical (unpaired) electrons. The molecular weight excluding hydrogens is 521 g/mol. The number of amides is 1. The molecule has 0 bridgehead atoms. The maximum absolute atomic E-state index is 13.1. The van der Waals surface area contributed by atoms with Gasteiger partial charge in [-0.05, 0) is 31.2 Å². The summed E-state index contributed by atoms with van der Waals surface area (Å²) in [4.78, 5) is 13.2. The number of carbonyl (C=O) groups excluding carboxylic acids is 1. The van der Waals surface area contributed by atoms with Gasteiger partial charge in [-0.25, -0.2) is 4.79 Å². The number of cyclic esters (lactones) is 1. The fourth-order valence-electron chi connectivity index (χ4n) is 3.66. The van der Waals surface area contributed by atoms with Gasteiger partial charge in [-0.3, -0.25) is 9.08 Å². The molecule has 2 heterocycles. The Morgan fingerprint density at radius 2 is 1.92 bits per heavy atom.